The predicted octanol–water partition coefficient (Wildman–Crippen LogP) is 7.51. The van der Waals surface area contributed by atoms with Crippen molar-refractivity contribution < 1.29 is 4.74 Å². The molecule has 1 nitrogen and oxygen atoms in total. The number of methoxy groups -OCH3 is 1. The third-order valence-electron chi connectivity index (χ3n) is 3.97. The molecule has 0 saturated heterocycles. The van der Waals surface area contributed by atoms with Crippen LogP contribution in [0.1, 0.15) is 81.1 Å². The molecule has 0 heterocycles. The zero-order valence-electron chi connectivity index (χ0n) is 16.9. The van der Waals surface area contributed by atoms with E-state index in [-0.39, 0.29) is 0 Å². The zero-order valence-corrected chi connectivity index (χ0v) is 17.7. The minimum absolute atomic E-state index is 0.589. The first-order valence-corrected chi connectivity index (χ1v) is 9.93. The average Bonchev–Trinajstić information content (AvgIpc) is 2.52. The third kappa shape index (κ3) is 7.65. The van der Waals surface area contributed by atoms with Gasteiger partial charge in [0.15, 0.2) is 0 Å². The summed E-state index contributed by atoms with van der Waals surface area (Å²) in [5.74, 6) is 1.82. The number of ether oxygens (including phenoxy) is 1. The largest absolute Gasteiger partial charge is 0.501 e. The molecule has 2 heteroatoms. The molecule has 1 aliphatic rings. The van der Waals surface area contributed by atoms with Crippen LogP contribution < -0.4 is 0 Å². The van der Waals surface area contributed by atoms with E-state index in [1.165, 1.54) is 46.6 Å². The van der Waals surface area contributed by atoms with Gasteiger partial charge in [-0.05, 0) is 57.6 Å². The Morgan fingerprint density at radius 1 is 1.26 bits per heavy atom. The second kappa shape index (κ2) is 11.8. The fraction of sp³-hybridized carbons (Fsp3) is 0.714. The van der Waals surface area contributed by atoms with E-state index in [1.54, 1.807) is 0 Å². The third-order valence-corrected chi connectivity index (χ3v) is 5.67. The van der Waals surface area contributed by atoms with E-state index in [0.717, 1.165) is 6.42 Å². The van der Waals surface area contributed by atoms with Crippen LogP contribution in [-0.4, -0.2) is 12.4 Å². The quantitative estimate of drug-likeness (QED) is 0.480. The molecule has 0 aliphatic heterocycles. The normalized spacial score (nSPS) is 18.5. The minimum Gasteiger partial charge on any atom is -0.501 e. The first-order chi connectivity index (χ1) is 10.8. The van der Waals surface area contributed by atoms with Gasteiger partial charge in [-0.3, -0.25) is 0 Å². The summed E-state index contributed by atoms with van der Waals surface area (Å²) in [6.07, 6.45) is 6.95. The molecule has 0 N–H and O–H groups in total. The highest BCUT2D eigenvalue weighted by Gasteiger charge is 2.25. The Morgan fingerprint density at radius 2 is 1.83 bits per heavy atom. The van der Waals surface area contributed by atoms with Crippen LogP contribution in [0.4, 0.5) is 0 Å². The van der Waals surface area contributed by atoms with Gasteiger partial charge in [0.05, 0.1) is 12.9 Å². The second-order valence-electron chi connectivity index (χ2n) is 6.80. The maximum Gasteiger partial charge on any atom is 0.0950 e. The van der Waals surface area contributed by atoms with E-state index in [1.807, 2.05) is 7.11 Å². The summed E-state index contributed by atoms with van der Waals surface area (Å²) < 4.78 is 5.58. The topological polar surface area (TPSA) is 9.23 Å². The molecular formula is C21H38OS. The van der Waals surface area contributed by atoms with Crippen LogP contribution in [0.3, 0.4) is 0 Å². The molecule has 23 heavy (non-hydrogen) atoms. The van der Waals surface area contributed by atoms with Crippen molar-refractivity contribution in [3.63, 3.8) is 0 Å². The molecule has 0 saturated carbocycles. The standard InChI is InChI=1S/C18H30OS.C3H8/c1-8-14(6)18(13(4)5)20-15-9-10-17(19-7)16(11-15)12(2)3;1-3-2/h8,12,15H,9-11H2,1-7H3;3H2,1-2H3/b14-8-;. The van der Waals surface area contributed by atoms with Crippen molar-refractivity contribution in [2.75, 3.05) is 7.11 Å². The van der Waals surface area contributed by atoms with Crippen molar-refractivity contribution in [3.8, 4) is 0 Å². The highest BCUT2D eigenvalue weighted by Crippen LogP contribution is 2.41. The predicted molar refractivity (Wildman–Crippen MR) is 108 cm³/mol. The lowest BCUT2D eigenvalue weighted by Crippen LogP contribution is -2.17. The lowest BCUT2D eigenvalue weighted by atomic mass is 9.89. The highest BCUT2D eigenvalue weighted by molar-refractivity contribution is 8.03. The molecule has 0 aromatic heterocycles. The zero-order chi connectivity index (χ0) is 18.0. The van der Waals surface area contributed by atoms with E-state index < -0.39 is 0 Å². The molecule has 1 rings (SSSR count). The van der Waals surface area contributed by atoms with Crippen LogP contribution in [0.15, 0.2) is 33.5 Å². The summed E-state index contributed by atoms with van der Waals surface area (Å²) in [5.41, 5.74) is 4.35. The number of thioether (sulfide) groups is 1. The summed E-state index contributed by atoms with van der Waals surface area (Å²) in [4.78, 5) is 1.47. The van der Waals surface area contributed by atoms with Gasteiger partial charge in [0, 0.05) is 16.6 Å². The van der Waals surface area contributed by atoms with Crippen molar-refractivity contribution in [2.24, 2.45) is 5.92 Å². The number of allylic oxidation sites excluding steroid dienone is 5. The molecule has 1 atom stereocenters. The fourth-order valence-electron chi connectivity index (χ4n) is 2.71. The summed E-state index contributed by atoms with van der Waals surface area (Å²) in [7, 11) is 1.82. The molecule has 0 bridgehead atoms. The molecule has 0 spiro atoms. The van der Waals surface area contributed by atoms with E-state index in [0.29, 0.717) is 11.2 Å². The van der Waals surface area contributed by atoms with E-state index in [4.69, 9.17) is 4.74 Å². The molecule has 0 radical (unpaired) electrons. The van der Waals surface area contributed by atoms with Gasteiger partial charge in [0.2, 0.25) is 0 Å². The molecule has 1 unspecified atom stereocenters. The Morgan fingerprint density at radius 3 is 2.22 bits per heavy atom. The van der Waals surface area contributed by atoms with Gasteiger partial charge in [-0.1, -0.05) is 45.8 Å². The Balaban J connectivity index is 0.00000149. The average molecular weight is 339 g/mol. The Hall–Kier alpha value is -0.630. The van der Waals surface area contributed by atoms with Crippen LogP contribution in [0.25, 0.3) is 0 Å². The van der Waals surface area contributed by atoms with E-state index >= 15 is 0 Å². The first kappa shape index (κ1) is 22.4. The van der Waals surface area contributed by atoms with Crippen LogP contribution in [0.5, 0.6) is 0 Å². The summed E-state index contributed by atoms with van der Waals surface area (Å²) in [6.45, 7) is 17.6. The van der Waals surface area contributed by atoms with Crippen molar-refractivity contribution in [3.05, 3.63) is 33.5 Å². The number of hydrogen-bond donors (Lipinski definition) is 0. The van der Waals surface area contributed by atoms with Crippen molar-refractivity contribution >= 4 is 11.8 Å². The van der Waals surface area contributed by atoms with Crippen molar-refractivity contribution in [1.82, 2.24) is 0 Å². The van der Waals surface area contributed by atoms with Gasteiger partial charge in [-0.25, -0.2) is 0 Å². The molecule has 0 aromatic rings. The Bertz CT molecular complexity index is 437. The maximum absolute atomic E-state index is 5.58. The van der Waals surface area contributed by atoms with Gasteiger partial charge >= 0.3 is 0 Å². The lowest BCUT2D eigenvalue weighted by Gasteiger charge is -2.29. The monoisotopic (exact) mass is 338 g/mol. The van der Waals surface area contributed by atoms with Gasteiger partial charge in [-0.15, -0.1) is 11.8 Å². The highest BCUT2D eigenvalue weighted by atomic mass is 32.2. The smallest absolute Gasteiger partial charge is 0.0950 e. The number of hydrogen-bond acceptors (Lipinski definition) is 2. The molecule has 134 valence electrons. The lowest BCUT2D eigenvalue weighted by molar-refractivity contribution is 0.256. The first-order valence-electron chi connectivity index (χ1n) is 9.05. The van der Waals surface area contributed by atoms with Gasteiger partial charge in [-0.2, -0.15) is 0 Å². The molecule has 0 fully saturated rings. The number of rotatable bonds is 5. The summed E-state index contributed by atoms with van der Waals surface area (Å²) in [5, 5.41) is 0.686. The minimum atomic E-state index is 0.589. The summed E-state index contributed by atoms with van der Waals surface area (Å²) >= 11 is 2.06. The van der Waals surface area contributed by atoms with Crippen LogP contribution >= 0.6 is 11.8 Å². The SMILES string of the molecule is C/C=C(/C)C(SC1CCC(OC)=C(C(C)C)C1)=C(C)C.CCC. The van der Waals surface area contributed by atoms with Gasteiger partial charge < -0.3 is 4.74 Å². The van der Waals surface area contributed by atoms with Crippen LogP contribution in [0, 0.1) is 5.92 Å². The van der Waals surface area contributed by atoms with Crippen LogP contribution in [-0.2, 0) is 4.74 Å². The summed E-state index contributed by atoms with van der Waals surface area (Å²) in [6, 6.07) is 0. The molecule has 1 aliphatic carbocycles. The Kier molecular flexibility index (Phi) is 11.5. The fourth-order valence-corrected chi connectivity index (χ4v) is 4.08. The molecule has 0 amide bonds. The van der Waals surface area contributed by atoms with Gasteiger partial charge in [0.25, 0.3) is 0 Å². The van der Waals surface area contributed by atoms with Crippen molar-refractivity contribution in [2.45, 2.75) is 86.3 Å². The maximum atomic E-state index is 5.58. The Labute approximate surface area is 149 Å². The van der Waals surface area contributed by atoms with Crippen LogP contribution in [0.2, 0.25) is 0 Å². The van der Waals surface area contributed by atoms with Gasteiger partial charge in [0.1, 0.15) is 0 Å². The van der Waals surface area contributed by atoms with Crippen molar-refractivity contribution in [1.29, 1.82) is 0 Å². The molecule has 0 aromatic carbocycles. The van der Waals surface area contributed by atoms with E-state index in [9.17, 15) is 0 Å². The second-order valence-corrected chi connectivity index (χ2v) is 8.11. The van der Waals surface area contributed by atoms with E-state index in [2.05, 4.69) is 73.2 Å². The molecular weight excluding hydrogens is 300 g/mol.